The van der Waals surface area contributed by atoms with E-state index in [1.807, 2.05) is 30.3 Å². The Morgan fingerprint density at radius 1 is 1.14 bits per heavy atom. The standard InChI is InChI=1S/C16H16ClF2NS/c1-2-20-10-11-3-8-14(15(17)9-11)12-4-6-13(7-5-12)21-16(18)19/h3-9,16,20H,2,10H2,1H3. The third-order valence-corrected chi connectivity index (χ3v) is 4.04. The Bertz CT molecular complexity index is 587. The first-order valence-electron chi connectivity index (χ1n) is 6.64. The second kappa shape index (κ2) is 7.78. The summed E-state index contributed by atoms with van der Waals surface area (Å²) in [5, 5.41) is 3.91. The summed E-state index contributed by atoms with van der Waals surface area (Å²) in [7, 11) is 0. The fourth-order valence-corrected chi connectivity index (χ4v) is 2.80. The molecular weight excluding hydrogens is 312 g/mol. The van der Waals surface area contributed by atoms with Crippen molar-refractivity contribution in [1.82, 2.24) is 5.32 Å². The minimum Gasteiger partial charge on any atom is -0.313 e. The third-order valence-electron chi connectivity index (χ3n) is 3.00. The Labute approximate surface area is 132 Å². The zero-order valence-corrected chi connectivity index (χ0v) is 13.1. The van der Waals surface area contributed by atoms with E-state index in [-0.39, 0.29) is 0 Å². The van der Waals surface area contributed by atoms with Gasteiger partial charge in [-0.1, -0.05) is 54.6 Å². The highest BCUT2D eigenvalue weighted by molar-refractivity contribution is 7.99. The van der Waals surface area contributed by atoms with Crippen molar-refractivity contribution < 1.29 is 8.78 Å². The topological polar surface area (TPSA) is 12.0 Å². The van der Waals surface area contributed by atoms with Gasteiger partial charge in [0.05, 0.1) is 0 Å². The van der Waals surface area contributed by atoms with Gasteiger partial charge in [-0.2, -0.15) is 8.78 Å². The third kappa shape index (κ3) is 4.70. The zero-order valence-electron chi connectivity index (χ0n) is 11.6. The molecule has 2 aromatic rings. The van der Waals surface area contributed by atoms with Crippen LogP contribution in [0.15, 0.2) is 47.4 Å². The van der Waals surface area contributed by atoms with E-state index in [4.69, 9.17) is 11.6 Å². The number of thioether (sulfide) groups is 1. The Balaban J connectivity index is 2.17. The SMILES string of the molecule is CCNCc1ccc(-c2ccc(SC(F)F)cc2)c(Cl)c1. The smallest absolute Gasteiger partial charge is 0.288 e. The molecule has 0 fully saturated rings. The van der Waals surface area contributed by atoms with Gasteiger partial charge in [0.2, 0.25) is 0 Å². The van der Waals surface area contributed by atoms with E-state index in [9.17, 15) is 8.78 Å². The molecule has 2 aromatic carbocycles. The van der Waals surface area contributed by atoms with Gasteiger partial charge in [-0.25, -0.2) is 0 Å². The second-order valence-electron chi connectivity index (χ2n) is 4.50. The summed E-state index contributed by atoms with van der Waals surface area (Å²) in [6.45, 7) is 3.73. The van der Waals surface area contributed by atoms with Crippen LogP contribution in [0.2, 0.25) is 5.02 Å². The molecule has 2 rings (SSSR count). The highest BCUT2D eigenvalue weighted by atomic mass is 35.5. The number of hydrogen-bond donors (Lipinski definition) is 1. The molecule has 21 heavy (non-hydrogen) atoms. The van der Waals surface area contributed by atoms with Crippen LogP contribution < -0.4 is 5.32 Å². The van der Waals surface area contributed by atoms with E-state index in [1.54, 1.807) is 12.1 Å². The molecule has 0 aliphatic rings. The zero-order chi connectivity index (χ0) is 15.2. The number of halogens is 3. The molecular formula is C16H16ClF2NS. The van der Waals surface area contributed by atoms with E-state index in [2.05, 4.69) is 12.2 Å². The van der Waals surface area contributed by atoms with Crippen LogP contribution in [0.5, 0.6) is 0 Å². The Hall–Kier alpha value is -1.10. The maximum absolute atomic E-state index is 12.3. The first kappa shape index (κ1) is 16.3. The van der Waals surface area contributed by atoms with Crippen LogP contribution in [0.3, 0.4) is 0 Å². The summed E-state index contributed by atoms with van der Waals surface area (Å²) < 4.78 is 24.6. The molecule has 0 heterocycles. The van der Waals surface area contributed by atoms with Gasteiger partial charge in [0, 0.05) is 22.0 Å². The lowest BCUT2D eigenvalue weighted by molar-refractivity contribution is 0.252. The number of alkyl halides is 2. The van der Waals surface area contributed by atoms with E-state index >= 15 is 0 Å². The molecule has 0 atom stereocenters. The molecule has 0 aliphatic heterocycles. The van der Waals surface area contributed by atoms with Crippen molar-refractivity contribution >= 4 is 23.4 Å². The summed E-state index contributed by atoms with van der Waals surface area (Å²) in [6, 6.07) is 12.9. The van der Waals surface area contributed by atoms with Crippen molar-refractivity contribution in [3.05, 3.63) is 53.1 Å². The van der Waals surface area contributed by atoms with Crippen molar-refractivity contribution in [2.75, 3.05) is 6.54 Å². The van der Waals surface area contributed by atoms with Gasteiger partial charge in [-0.05, 0) is 35.9 Å². The number of hydrogen-bond acceptors (Lipinski definition) is 2. The van der Waals surface area contributed by atoms with Crippen molar-refractivity contribution in [2.45, 2.75) is 24.1 Å². The average molecular weight is 328 g/mol. The van der Waals surface area contributed by atoms with Crippen molar-refractivity contribution in [3.8, 4) is 11.1 Å². The number of nitrogens with one attached hydrogen (secondary N) is 1. The molecule has 0 radical (unpaired) electrons. The highest BCUT2D eigenvalue weighted by Gasteiger charge is 2.07. The number of rotatable bonds is 6. The van der Waals surface area contributed by atoms with Crippen LogP contribution in [-0.2, 0) is 6.54 Å². The van der Waals surface area contributed by atoms with Gasteiger partial charge >= 0.3 is 0 Å². The molecule has 112 valence electrons. The van der Waals surface area contributed by atoms with Crippen LogP contribution in [0.4, 0.5) is 8.78 Å². The maximum Gasteiger partial charge on any atom is 0.288 e. The molecule has 0 amide bonds. The predicted molar refractivity (Wildman–Crippen MR) is 86.1 cm³/mol. The fraction of sp³-hybridized carbons (Fsp3) is 0.250. The van der Waals surface area contributed by atoms with Gasteiger partial charge in [0.1, 0.15) is 0 Å². The molecule has 0 unspecified atom stereocenters. The van der Waals surface area contributed by atoms with Crippen molar-refractivity contribution in [2.24, 2.45) is 0 Å². The monoisotopic (exact) mass is 327 g/mol. The molecule has 5 heteroatoms. The fourth-order valence-electron chi connectivity index (χ4n) is 1.99. The second-order valence-corrected chi connectivity index (χ2v) is 5.97. The van der Waals surface area contributed by atoms with Crippen LogP contribution in [0, 0.1) is 0 Å². The lowest BCUT2D eigenvalue weighted by Gasteiger charge is -2.09. The van der Waals surface area contributed by atoms with Crippen molar-refractivity contribution in [3.63, 3.8) is 0 Å². The Morgan fingerprint density at radius 3 is 2.43 bits per heavy atom. The first-order valence-corrected chi connectivity index (χ1v) is 7.90. The van der Waals surface area contributed by atoms with Crippen LogP contribution in [-0.4, -0.2) is 12.3 Å². The maximum atomic E-state index is 12.3. The van der Waals surface area contributed by atoms with E-state index in [1.165, 1.54) is 0 Å². The molecule has 0 bridgehead atoms. The summed E-state index contributed by atoms with van der Waals surface area (Å²) in [4.78, 5) is 0.550. The molecule has 0 aliphatic carbocycles. The summed E-state index contributed by atoms with van der Waals surface area (Å²) in [5.74, 6) is -2.40. The number of benzene rings is 2. The van der Waals surface area contributed by atoms with E-state index < -0.39 is 5.76 Å². The first-order chi connectivity index (χ1) is 10.1. The lowest BCUT2D eigenvalue weighted by atomic mass is 10.0. The normalized spacial score (nSPS) is 11.1. The Morgan fingerprint density at radius 2 is 1.86 bits per heavy atom. The minimum atomic E-state index is -2.40. The van der Waals surface area contributed by atoms with Crippen LogP contribution in [0.25, 0.3) is 11.1 Å². The molecule has 0 saturated heterocycles. The van der Waals surface area contributed by atoms with Gasteiger partial charge in [0.15, 0.2) is 0 Å². The molecule has 1 N–H and O–H groups in total. The molecule has 0 saturated carbocycles. The highest BCUT2D eigenvalue weighted by Crippen LogP contribution is 2.31. The van der Waals surface area contributed by atoms with Crippen LogP contribution in [0.1, 0.15) is 12.5 Å². The summed E-state index contributed by atoms with van der Waals surface area (Å²) in [6.07, 6.45) is 0. The Kier molecular flexibility index (Phi) is 6.03. The average Bonchev–Trinajstić information content (AvgIpc) is 2.46. The molecule has 0 spiro atoms. The molecule has 0 aromatic heterocycles. The largest absolute Gasteiger partial charge is 0.313 e. The molecule has 1 nitrogen and oxygen atoms in total. The predicted octanol–water partition coefficient (Wildman–Crippen LogP) is 5.43. The summed E-state index contributed by atoms with van der Waals surface area (Å²) >= 11 is 6.86. The van der Waals surface area contributed by atoms with Gasteiger partial charge < -0.3 is 5.32 Å². The van der Waals surface area contributed by atoms with Gasteiger partial charge in [0.25, 0.3) is 5.76 Å². The van der Waals surface area contributed by atoms with E-state index in [0.29, 0.717) is 21.7 Å². The van der Waals surface area contributed by atoms with E-state index in [0.717, 1.165) is 29.8 Å². The minimum absolute atomic E-state index is 0.543. The van der Waals surface area contributed by atoms with Crippen LogP contribution >= 0.6 is 23.4 Å². The van der Waals surface area contributed by atoms with Crippen molar-refractivity contribution in [1.29, 1.82) is 0 Å². The van der Waals surface area contributed by atoms with Gasteiger partial charge in [-0.15, -0.1) is 0 Å². The van der Waals surface area contributed by atoms with Gasteiger partial charge in [-0.3, -0.25) is 0 Å². The lowest BCUT2D eigenvalue weighted by Crippen LogP contribution is -2.11. The quantitative estimate of drug-likeness (QED) is 0.710. The summed E-state index contributed by atoms with van der Waals surface area (Å²) in [5.41, 5.74) is 2.95.